The molecule has 54 heavy (non-hydrogen) atoms. The van der Waals surface area contributed by atoms with Crippen LogP contribution >= 0.6 is 0 Å². The van der Waals surface area contributed by atoms with Crippen LogP contribution in [0.25, 0.3) is 0 Å². The molecule has 0 aliphatic heterocycles. The van der Waals surface area contributed by atoms with E-state index >= 15 is 0 Å². The van der Waals surface area contributed by atoms with Gasteiger partial charge >= 0.3 is 0 Å². The van der Waals surface area contributed by atoms with Gasteiger partial charge in [-0.3, -0.25) is 0 Å². The number of hydrogen-bond acceptors (Lipinski definition) is 9. The lowest BCUT2D eigenvalue weighted by atomic mass is 9.79. The molecule has 0 saturated carbocycles. The third kappa shape index (κ3) is 9.22. The zero-order valence-electron chi connectivity index (χ0n) is 35.9. The summed E-state index contributed by atoms with van der Waals surface area (Å²) in [6, 6.07) is 10.8. The van der Waals surface area contributed by atoms with E-state index in [1.807, 2.05) is 137 Å². The van der Waals surface area contributed by atoms with Gasteiger partial charge in [0.05, 0.1) is 0 Å². The zero-order valence-corrected chi connectivity index (χ0v) is 35.9. The Balaban J connectivity index is 2.03. The monoisotopic (exact) mass is 741 g/mol. The molecule has 3 aromatic carbocycles. The van der Waals surface area contributed by atoms with E-state index in [-0.39, 0.29) is 34.8 Å². The van der Waals surface area contributed by atoms with Crippen LogP contribution in [0.3, 0.4) is 0 Å². The Kier molecular flexibility index (Phi) is 10.9. The molecule has 0 fully saturated rings. The van der Waals surface area contributed by atoms with Crippen molar-refractivity contribution >= 4 is 0 Å². The molecule has 0 saturated heterocycles. The van der Waals surface area contributed by atoms with Crippen LogP contribution in [0.4, 0.5) is 0 Å². The molecule has 0 aliphatic carbocycles. The zero-order chi connectivity index (χ0) is 41.1. The van der Waals surface area contributed by atoms with Crippen LogP contribution < -0.4 is 14.2 Å². The number of ether oxygens (including phenoxy) is 3. The first-order valence-electron chi connectivity index (χ1n) is 18.7. The van der Waals surface area contributed by atoms with E-state index in [1.54, 1.807) is 24.3 Å². The Morgan fingerprint density at radius 2 is 0.556 bits per heavy atom. The Morgan fingerprint density at radius 3 is 0.759 bits per heavy atom. The van der Waals surface area contributed by atoms with E-state index in [0.717, 1.165) is 0 Å². The highest BCUT2D eigenvalue weighted by Crippen LogP contribution is 2.49. The average Bonchev–Trinajstić information content (AvgIpc) is 2.97. The maximum atomic E-state index is 11.5. The fourth-order valence-corrected chi connectivity index (χ4v) is 6.28. The maximum Gasteiger partial charge on any atom is 0.290 e. The van der Waals surface area contributed by atoms with Crippen molar-refractivity contribution in [2.75, 3.05) is 0 Å². The van der Waals surface area contributed by atoms with Gasteiger partial charge in [0, 0.05) is 33.4 Å². The fraction of sp³-hybridized carbons (Fsp3) is 0.533. The van der Waals surface area contributed by atoms with Crippen LogP contribution in [-0.2, 0) is 32.5 Å². The summed E-state index contributed by atoms with van der Waals surface area (Å²) >= 11 is 0. The minimum Gasteiger partial charge on any atom is -0.507 e. The van der Waals surface area contributed by atoms with Crippen LogP contribution in [0.5, 0.6) is 52.0 Å². The summed E-state index contributed by atoms with van der Waals surface area (Å²) in [5.41, 5.74) is 1.77. The molecule has 1 heterocycles. The van der Waals surface area contributed by atoms with Crippen LogP contribution in [0, 0.1) is 0 Å². The normalized spacial score (nSPS) is 13.2. The Hall–Kier alpha value is -4.53. The van der Waals surface area contributed by atoms with Crippen LogP contribution in [0.15, 0.2) is 36.4 Å². The number of rotatable bonds is 6. The molecular weight excluding hydrogens is 679 g/mol. The first-order chi connectivity index (χ1) is 24.3. The molecule has 9 heteroatoms. The van der Waals surface area contributed by atoms with E-state index in [2.05, 4.69) is 15.4 Å². The summed E-state index contributed by atoms with van der Waals surface area (Å²) in [6.45, 7) is 36.6. The average molecular weight is 742 g/mol. The van der Waals surface area contributed by atoms with Gasteiger partial charge in [0.2, 0.25) is 0 Å². The van der Waals surface area contributed by atoms with Crippen molar-refractivity contribution in [3.05, 3.63) is 69.8 Å². The summed E-state index contributed by atoms with van der Waals surface area (Å²) in [5, 5.41) is 47.0. The molecule has 0 bridgehead atoms. The molecule has 1 aromatic heterocycles. The third-order valence-corrected chi connectivity index (χ3v) is 9.41. The summed E-state index contributed by atoms with van der Waals surface area (Å²) in [5.74, 6) is 1.93. The number of aromatic nitrogens is 3. The first-order valence-corrected chi connectivity index (χ1v) is 18.7. The second kappa shape index (κ2) is 14.0. The highest BCUT2D eigenvalue weighted by atomic mass is 16.6. The van der Waals surface area contributed by atoms with Crippen LogP contribution in [0.1, 0.15) is 158 Å². The lowest BCUT2D eigenvalue weighted by molar-refractivity contribution is 0.348. The van der Waals surface area contributed by atoms with E-state index < -0.39 is 32.5 Å². The Bertz CT molecular complexity index is 1820. The van der Waals surface area contributed by atoms with Gasteiger partial charge < -0.3 is 29.5 Å². The van der Waals surface area contributed by atoms with Crippen LogP contribution in [-0.4, -0.2) is 30.7 Å². The number of aromatic hydroxyl groups is 3. The standard InChI is InChI=1S/C45H63N3O6/c1-40(2,3)28-19-25(20-29(34(28)49)41(4,5)6)52-37-38(53-26-21-30(42(7,8)9)35(50)31(22-26)43(10,11)12)46-48-47-39(37)54-27-23-32(44(13,14)15)36(51)33(24-27)45(16,17)18/h19-24,49-51H,1-18H3. The van der Waals surface area contributed by atoms with Gasteiger partial charge in [0.15, 0.2) is 0 Å². The van der Waals surface area contributed by atoms with E-state index in [1.165, 1.54) is 0 Å². The van der Waals surface area contributed by atoms with Crippen LogP contribution in [0.2, 0.25) is 0 Å². The van der Waals surface area contributed by atoms with Crippen molar-refractivity contribution in [3.8, 4) is 52.0 Å². The van der Waals surface area contributed by atoms with Gasteiger partial charge in [-0.15, -0.1) is 0 Å². The quantitative estimate of drug-likeness (QED) is 0.177. The minimum atomic E-state index is -0.422. The van der Waals surface area contributed by atoms with Gasteiger partial charge in [-0.05, 0) is 74.1 Å². The van der Waals surface area contributed by atoms with E-state index in [0.29, 0.717) is 50.6 Å². The van der Waals surface area contributed by atoms with Crippen molar-refractivity contribution in [1.29, 1.82) is 0 Å². The summed E-state index contributed by atoms with van der Waals surface area (Å²) in [4.78, 5) is 0. The van der Waals surface area contributed by atoms with Gasteiger partial charge in [-0.1, -0.05) is 135 Å². The largest absolute Gasteiger partial charge is 0.507 e. The highest BCUT2D eigenvalue weighted by Gasteiger charge is 2.32. The lowest BCUT2D eigenvalue weighted by Crippen LogP contribution is -2.18. The SMILES string of the molecule is CC(C)(C)c1cc(Oc2nnnc(Oc3cc(C(C)(C)C)c(O)c(C(C)(C)C)c3)c2Oc2cc(C(C)(C)C)c(O)c(C(C)(C)C)c2)cc(C(C)(C)C)c1O. The summed E-state index contributed by atoms with van der Waals surface area (Å²) in [7, 11) is 0. The lowest BCUT2D eigenvalue weighted by Gasteiger charge is -2.29. The van der Waals surface area contributed by atoms with Crippen molar-refractivity contribution in [2.24, 2.45) is 0 Å². The summed E-state index contributed by atoms with van der Waals surface area (Å²) < 4.78 is 19.8. The molecule has 9 nitrogen and oxygen atoms in total. The Morgan fingerprint density at radius 1 is 0.352 bits per heavy atom. The third-order valence-electron chi connectivity index (χ3n) is 9.41. The molecule has 0 unspecified atom stereocenters. The predicted molar refractivity (Wildman–Crippen MR) is 217 cm³/mol. The van der Waals surface area contributed by atoms with E-state index in [9.17, 15) is 15.3 Å². The molecule has 4 aromatic rings. The second-order valence-electron chi connectivity index (χ2n) is 20.6. The molecule has 3 N–H and O–H groups in total. The van der Waals surface area contributed by atoms with E-state index in [4.69, 9.17) is 14.2 Å². The summed E-state index contributed by atoms with van der Waals surface area (Å²) in [6.07, 6.45) is 0. The fourth-order valence-electron chi connectivity index (χ4n) is 6.28. The van der Waals surface area contributed by atoms with Gasteiger partial charge in [0.25, 0.3) is 17.5 Å². The minimum absolute atomic E-state index is 0.0148. The van der Waals surface area contributed by atoms with Crippen molar-refractivity contribution in [2.45, 2.75) is 157 Å². The molecule has 0 atom stereocenters. The van der Waals surface area contributed by atoms with Crippen molar-refractivity contribution in [1.82, 2.24) is 15.4 Å². The maximum absolute atomic E-state index is 11.5. The van der Waals surface area contributed by atoms with Crippen molar-refractivity contribution in [3.63, 3.8) is 0 Å². The molecule has 4 rings (SSSR count). The van der Waals surface area contributed by atoms with Crippen molar-refractivity contribution < 1.29 is 29.5 Å². The molecule has 0 amide bonds. The molecule has 0 radical (unpaired) electrons. The smallest absolute Gasteiger partial charge is 0.290 e. The molecular formula is C45H63N3O6. The molecule has 0 aliphatic rings. The van der Waals surface area contributed by atoms with Gasteiger partial charge in [0.1, 0.15) is 34.5 Å². The highest BCUT2D eigenvalue weighted by molar-refractivity contribution is 5.58. The number of nitrogens with zero attached hydrogens (tertiary/aromatic N) is 3. The first kappa shape index (κ1) is 42.2. The van der Waals surface area contributed by atoms with Gasteiger partial charge in [-0.2, -0.15) is 0 Å². The number of phenolic OH excluding ortho intramolecular Hbond substituents is 3. The molecule has 294 valence electrons. The second-order valence-corrected chi connectivity index (χ2v) is 20.6. The number of hydrogen-bond donors (Lipinski definition) is 3. The Labute approximate surface area is 323 Å². The topological polar surface area (TPSA) is 127 Å². The number of phenols is 3. The molecule has 0 spiro atoms. The number of benzene rings is 3. The van der Waals surface area contributed by atoms with Gasteiger partial charge in [-0.25, -0.2) is 0 Å². The predicted octanol–water partition coefficient (Wildman–Crippen LogP) is 12.2.